The predicted octanol–water partition coefficient (Wildman–Crippen LogP) is 3.67. The van der Waals surface area contributed by atoms with Crippen LogP contribution >= 0.6 is 0 Å². The summed E-state index contributed by atoms with van der Waals surface area (Å²) in [5.74, 6) is 0.308. The molecular weight excluding hydrogens is 440 g/mol. The van der Waals surface area contributed by atoms with Gasteiger partial charge in [0.15, 0.2) is 0 Å². The molecule has 3 aromatic carbocycles. The van der Waals surface area contributed by atoms with Crippen LogP contribution in [0.5, 0.6) is 5.75 Å². The molecule has 4 rings (SSSR count). The number of nitrogens with one attached hydrogen (secondary N) is 3. The van der Waals surface area contributed by atoms with E-state index in [2.05, 4.69) is 20.0 Å². The van der Waals surface area contributed by atoms with Gasteiger partial charge in [-0.3, -0.25) is 9.52 Å². The van der Waals surface area contributed by atoms with E-state index in [-0.39, 0.29) is 17.4 Å². The first-order chi connectivity index (χ1) is 15.9. The lowest BCUT2D eigenvalue weighted by Gasteiger charge is -2.08. The molecular formula is C24H24N4O4S. The van der Waals surface area contributed by atoms with Gasteiger partial charge in [-0.25, -0.2) is 13.4 Å². The summed E-state index contributed by atoms with van der Waals surface area (Å²) in [7, 11) is -3.31. The molecule has 8 nitrogen and oxygen atoms in total. The van der Waals surface area contributed by atoms with E-state index in [9.17, 15) is 18.3 Å². The summed E-state index contributed by atoms with van der Waals surface area (Å²) < 4.78 is 25.8. The summed E-state index contributed by atoms with van der Waals surface area (Å²) in [5.41, 5.74) is 3.49. The van der Waals surface area contributed by atoms with Gasteiger partial charge < -0.3 is 15.4 Å². The average molecular weight is 465 g/mol. The van der Waals surface area contributed by atoms with Gasteiger partial charge in [0.2, 0.25) is 10.0 Å². The third-order valence-electron chi connectivity index (χ3n) is 5.22. The smallest absolute Gasteiger partial charge is 0.253 e. The molecule has 0 unspecified atom stereocenters. The third kappa shape index (κ3) is 5.15. The number of nitrogens with zero attached hydrogens (tertiary/aromatic N) is 1. The number of benzene rings is 3. The first-order valence-corrected chi connectivity index (χ1v) is 12.2. The van der Waals surface area contributed by atoms with Gasteiger partial charge in [0.1, 0.15) is 22.6 Å². The number of fused-ring (bicyclic) bond motifs is 1. The SMILES string of the molecule is CCS(=O)(=O)Nc1ccc(CCNC(=O)c2ccc(O)c3[nH]c(-c4ccccc4)nc23)cc1. The molecule has 1 amide bonds. The first-order valence-electron chi connectivity index (χ1n) is 10.5. The molecule has 0 aliphatic carbocycles. The van der Waals surface area contributed by atoms with Crippen LogP contribution in [0.4, 0.5) is 5.69 Å². The fourth-order valence-electron chi connectivity index (χ4n) is 3.40. The highest BCUT2D eigenvalue weighted by atomic mass is 32.2. The molecule has 170 valence electrons. The fourth-order valence-corrected chi connectivity index (χ4v) is 4.04. The van der Waals surface area contributed by atoms with Crippen LogP contribution in [0.3, 0.4) is 0 Å². The van der Waals surface area contributed by atoms with Crippen molar-refractivity contribution < 1.29 is 18.3 Å². The molecule has 0 saturated carbocycles. The monoisotopic (exact) mass is 464 g/mol. The van der Waals surface area contributed by atoms with Gasteiger partial charge in [-0.05, 0) is 43.2 Å². The molecule has 1 heterocycles. The number of aromatic nitrogens is 2. The minimum Gasteiger partial charge on any atom is -0.506 e. The number of phenols is 1. The van der Waals surface area contributed by atoms with Crippen molar-refractivity contribution in [2.24, 2.45) is 0 Å². The second-order valence-corrected chi connectivity index (χ2v) is 9.53. The third-order valence-corrected chi connectivity index (χ3v) is 6.53. The number of aromatic amines is 1. The number of anilines is 1. The van der Waals surface area contributed by atoms with Crippen molar-refractivity contribution in [2.45, 2.75) is 13.3 Å². The standard InChI is InChI=1S/C24H24N4O4S/c1-2-33(31,32)28-18-10-8-16(9-11-18)14-15-25-24(30)19-12-13-20(29)22-21(19)26-23(27-22)17-6-4-3-5-7-17/h3-13,28-29H,2,14-15H2,1H3,(H,25,30)(H,26,27). The van der Waals surface area contributed by atoms with E-state index in [4.69, 9.17) is 0 Å². The Morgan fingerprint density at radius 2 is 1.76 bits per heavy atom. The Kier molecular flexibility index (Phi) is 6.32. The van der Waals surface area contributed by atoms with Gasteiger partial charge >= 0.3 is 0 Å². The van der Waals surface area contributed by atoms with Crippen LogP contribution in [0.2, 0.25) is 0 Å². The van der Waals surface area contributed by atoms with Crippen LogP contribution in [0.15, 0.2) is 66.7 Å². The topological polar surface area (TPSA) is 124 Å². The van der Waals surface area contributed by atoms with Gasteiger partial charge in [0.05, 0.1) is 11.3 Å². The van der Waals surface area contributed by atoms with Crippen molar-refractivity contribution in [3.63, 3.8) is 0 Å². The maximum absolute atomic E-state index is 12.8. The lowest BCUT2D eigenvalue weighted by atomic mass is 10.1. The highest BCUT2D eigenvalue weighted by Crippen LogP contribution is 2.29. The fraction of sp³-hybridized carbons (Fsp3) is 0.167. The number of phenolic OH excluding ortho intramolecular Hbond substituents is 1. The number of hydrogen-bond donors (Lipinski definition) is 4. The number of H-pyrrole nitrogens is 1. The van der Waals surface area contributed by atoms with Crippen molar-refractivity contribution in [1.82, 2.24) is 15.3 Å². The normalized spacial score (nSPS) is 11.4. The van der Waals surface area contributed by atoms with Gasteiger partial charge in [0, 0.05) is 17.8 Å². The maximum atomic E-state index is 12.8. The van der Waals surface area contributed by atoms with Crippen LogP contribution in [0, 0.1) is 0 Å². The lowest BCUT2D eigenvalue weighted by molar-refractivity contribution is 0.0955. The van der Waals surface area contributed by atoms with E-state index < -0.39 is 10.0 Å². The van der Waals surface area contributed by atoms with Crippen LogP contribution < -0.4 is 10.0 Å². The van der Waals surface area contributed by atoms with Crippen LogP contribution in [0.1, 0.15) is 22.8 Å². The molecule has 1 aromatic heterocycles. The number of sulfonamides is 1. The molecule has 0 saturated heterocycles. The number of imidazole rings is 1. The van der Waals surface area contributed by atoms with E-state index in [0.717, 1.165) is 11.1 Å². The molecule has 4 N–H and O–H groups in total. The summed E-state index contributed by atoms with van der Waals surface area (Å²) in [6, 6.07) is 19.5. The number of carbonyl (C=O) groups is 1. The predicted molar refractivity (Wildman–Crippen MR) is 129 cm³/mol. The average Bonchev–Trinajstić information content (AvgIpc) is 3.27. The second kappa shape index (κ2) is 9.33. The zero-order chi connectivity index (χ0) is 23.4. The number of carbonyl (C=O) groups excluding carboxylic acids is 1. The summed E-state index contributed by atoms with van der Waals surface area (Å²) in [4.78, 5) is 20.5. The van der Waals surface area contributed by atoms with E-state index in [0.29, 0.717) is 41.1 Å². The first kappa shape index (κ1) is 22.3. The molecule has 0 fully saturated rings. The van der Waals surface area contributed by atoms with Crippen molar-refractivity contribution in [3.05, 3.63) is 77.9 Å². The quantitative estimate of drug-likeness (QED) is 0.317. The summed E-state index contributed by atoms with van der Waals surface area (Å²) in [6.45, 7) is 1.96. The largest absolute Gasteiger partial charge is 0.506 e. The van der Waals surface area contributed by atoms with Crippen molar-refractivity contribution in [3.8, 4) is 17.1 Å². The van der Waals surface area contributed by atoms with Crippen molar-refractivity contribution >= 4 is 32.7 Å². The lowest BCUT2D eigenvalue weighted by Crippen LogP contribution is -2.26. The molecule has 0 bridgehead atoms. The molecule has 33 heavy (non-hydrogen) atoms. The number of amides is 1. The van der Waals surface area contributed by atoms with Crippen molar-refractivity contribution in [1.29, 1.82) is 0 Å². The molecule has 0 atom stereocenters. The number of rotatable bonds is 8. The van der Waals surface area contributed by atoms with Crippen LogP contribution in [-0.2, 0) is 16.4 Å². The van der Waals surface area contributed by atoms with Crippen LogP contribution in [-0.4, -0.2) is 41.7 Å². The Balaban J connectivity index is 1.44. The van der Waals surface area contributed by atoms with E-state index in [1.54, 1.807) is 25.1 Å². The number of hydrogen-bond acceptors (Lipinski definition) is 5. The summed E-state index contributed by atoms with van der Waals surface area (Å²) >= 11 is 0. The molecule has 4 aromatic rings. The van der Waals surface area contributed by atoms with Crippen molar-refractivity contribution in [2.75, 3.05) is 17.0 Å². The summed E-state index contributed by atoms with van der Waals surface area (Å²) in [5, 5.41) is 13.1. The Morgan fingerprint density at radius 1 is 1.03 bits per heavy atom. The minimum atomic E-state index is -3.31. The highest BCUT2D eigenvalue weighted by Gasteiger charge is 2.17. The maximum Gasteiger partial charge on any atom is 0.253 e. The molecule has 0 aliphatic rings. The molecule has 0 aliphatic heterocycles. The van der Waals surface area contributed by atoms with Gasteiger partial charge in [-0.2, -0.15) is 0 Å². The Labute approximate surface area is 191 Å². The Bertz CT molecular complexity index is 1380. The van der Waals surface area contributed by atoms with Gasteiger partial charge in [-0.1, -0.05) is 42.5 Å². The van der Waals surface area contributed by atoms with E-state index >= 15 is 0 Å². The zero-order valence-electron chi connectivity index (χ0n) is 18.0. The molecule has 0 spiro atoms. The highest BCUT2D eigenvalue weighted by molar-refractivity contribution is 7.92. The molecule has 9 heteroatoms. The second-order valence-electron chi connectivity index (χ2n) is 7.52. The van der Waals surface area contributed by atoms with Crippen LogP contribution in [0.25, 0.3) is 22.4 Å². The number of aromatic hydroxyl groups is 1. The Morgan fingerprint density at radius 3 is 2.45 bits per heavy atom. The van der Waals surface area contributed by atoms with E-state index in [1.807, 2.05) is 42.5 Å². The summed E-state index contributed by atoms with van der Waals surface area (Å²) in [6.07, 6.45) is 0.573. The zero-order valence-corrected chi connectivity index (χ0v) is 18.8. The Hall–Kier alpha value is -3.85. The van der Waals surface area contributed by atoms with Gasteiger partial charge in [-0.15, -0.1) is 0 Å². The minimum absolute atomic E-state index is 0.00809. The van der Waals surface area contributed by atoms with E-state index in [1.165, 1.54) is 6.07 Å². The molecule has 0 radical (unpaired) electrons. The van der Waals surface area contributed by atoms with Gasteiger partial charge in [0.25, 0.3) is 5.91 Å².